The molecule has 0 bridgehead atoms. The molecule has 0 atom stereocenters. The number of nitrogens with zero attached hydrogens (tertiary/aromatic N) is 3. The minimum absolute atomic E-state index is 0.0964. The molecule has 2 heterocycles. The zero-order chi connectivity index (χ0) is 22.2. The van der Waals surface area contributed by atoms with Crippen LogP contribution in [0.5, 0.6) is 0 Å². The maximum atomic E-state index is 12.5. The second kappa shape index (κ2) is 10.3. The highest BCUT2D eigenvalue weighted by atomic mass is 16.5. The van der Waals surface area contributed by atoms with E-state index >= 15 is 0 Å². The number of ketones is 1. The molecule has 0 aliphatic carbocycles. The number of allylic oxidation sites excluding steroid dienone is 1. The lowest BCUT2D eigenvalue weighted by Gasteiger charge is -2.35. The SMILES string of the molecule is CC(=O)N1CCN(c2ccc(C(=O)/C=C/c3cccc(/C=C/C(=O)NO)n3)cc2)CC1. The van der Waals surface area contributed by atoms with Gasteiger partial charge in [0.25, 0.3) is 5.91 Å². The fraction of sp³-hybridized carbons (Fsp3) is 0.217. The van der Waals surface area contributed by atoms with Crippen LogP contribution in [-0.4, -0.2) is 58.9 Å². The number of rotatable bonds is 6. The summed E-state index contributed by atoms with van der Waals surface area (Å²) in [5, 5.41) is 8.51. The monoisotopic (exact) mass is 420 g/mol. The third-order valence-corrected chi connectivity index (χ3v) is 4.96. The van der Waals surface area contributed by atoms with Crippen LogP contribution in [0.25, 0.3) is 12.2 Å². The van der Waals surface area contributed by atoms with Crippen LogP contribution in [0.3, 0.4) is 0 Å². The highest BCUT2D eigenvalue weighted by Crippen LogP contribution is 2.18. The molecule has 8 heteroatoms. The van der Waals surface area contributed by atoms with Crippen molar-refractivity contribution in [3.8, 4) is 0 Å². The van der Waals surface area contributed by atoms with Gasteiger partial charge in [0.2, 0.25) is 5.91 Å². The minimum Gasteiger partial charge on any atom is -0.368 e. The van der Waals surface area contributed by atoms with Gasteiger partial charge in [-0.1, -0.05) is 6.07 Å². The molecule has 1 aliphatic heterocycles. The summed E-state index contributed by atoms with van der Waals surface area (Å²) in [7, 11) is 0. The van der Waals surface area contributed by atoms with Crippen molar-refractivity contribution in [2.24, 2.45) is 0 Å². The molecular formula is C23H24N4O4. The molecule has 1 fully saturated rings. The molecule has 31 heavy (non-hydrogen) atoms. The van der Waals surface area contributed by atoms with Crippen molar-refractivity contribution in [2.75, 3.05) is 31.1 Å². The Kier molecular flexibility index (Phi) is 7.29. The Labute approximate surface area is 180 Å². The lowest BCUT2D eigenvalue weighted by Crippen LogP contribution is -2.48. The average molecular weight is 420 g/mol. The molecule has 0 radical (unpaired) electrons. The second-order valence-electron chi connectivity index (χ2n) is 7.03. The van der Waals surface area contributed by atoms with E-state index in [1.165, 1.54) is 17.6 Å². The van der Waals surface area contributed by atoms with Gasteiger partial charge in [-0.2, -0.15) is 0 Å². The lowest BCUT2D eigenvalue weighted by molar-refractivity contribution is -0.129. The summed E-state index contributed by atoms with van der Waals surface area (Å²) >= 11 is 0. The van der Waals surface area contributed by atoms with E-state index < -0.39 is 5.91 Å². The number of nitrogens with one attached hydrogen (secondary N) is 1. The first-order valence-electron chi connectivity index (χ1n) is 9.88. The van der Waals surface area contributed by atoms with Gasteiger partial charge in [0.1, 0.15) is 0 Å². The van der Waals surface area contributed by atoms with Crippen molar-refractivity contribution in [1.29, 1.82) is 0 Å². The topological polar surface area (TPSA) is 103 Å². The number of hydrogen-bond acceptors (Lipinski definition) is 6. The van der Waals surface area contributed by atoms with E-state index in [9.17, 15) is 14.4 Å². The van der Waals surface area contributed by atoms with E-state index in [-0.39, 0.29) is 11.7 Å². The summed E-state index contributed by atoms with van der Waals surface area (Å²) in [6, 6.07) is 12.6. The fourth-order valence-corrected chi connectivity index (χ4v) is 3.23. The Morgan fingerprint density at radius 2 is 1.55 bits per heavy atom. The molecule has 2 amide bonds. The molecule has 2 N–H and O–H groups in total. The number of carbonyl (C=O) groups is 3. The molecule has 0 spiro atoms. The van der Waals surface area contributed by atoms with Crippen LogP contribution in [0.1, 0.15) is 28.7 Å². The largest absolute Gasteiger partial charge is 0.368 e. The van der Waals surface area contributed by atoms with Gasteiger partial charge in [0, 0.05) is 50.4 Å². The highest BCUT2D eigenvalue weighted by molar-refractivity contribution is 6.06. The first kappa shape index (κ1) is 21.9. The van der Waals surface area contributed by atoms with Gasteiger partial charge >= 0.3 is 0 Å². The molecule has 1 aliphatic rings. The number of anilines is 1. The number of benzene rings is 1. The molecule has 0 unspecified atom stereocenters. The number of hydroxylamine groups is 1. The standard InChI is InChI=1S/C23H24N4O4/c1-17(28)26-13-15-27(16-14-26)21-9-5-18(6-10-21)22(29)11-7-19-3-2-4-20(24-19)8-12-23(30)25-31/h2-12,31H,13-16H2,1H3,(H,25,30)/b11-7+,12-8+. The Bertz CT molecular complexity index is 1010. The Morgan fingerprint density at radius 1 is 0.935 bits per heavy atom. The summed E-state index contributed by atoms with van der Waals surface area (Å²) in [4.78, 5) is 43.3. The smallest absolute Gasteiger partial charge is 0.267 e. The Morgan fingerprint density at radius 3 is 2.13 bits per heavy atom. The maximum Gasteiger partial charge on any atom is 0.267 e. The molecule has 1 aromatic carbocycles. The molecule has 0 saturated carbocycles. The number of hydrogen-bond donors (Lipinski definition) is 2. The van der Waals surface area contributed by atoms with E-state index in [0.29, 0.717) is 30.0 Å². The summed E-state index contributed by atoms with van der Waals surface area (Å²) in [5.74, 6) is -0.698. The van der Waals surface area contributed by atoms with Crippen LogP contribution in [-0.2, 0) is 9.59 Å². The first-order valence-corrected chi connectivity index (χ1v) is 9.88. The zero-order valence-electron chi connectivity index (χ0n) is 17.2. The molecule has 1 saturated heterocycles. The van der Waals surface area contributed by atoms with Crippen molar-refractivity contribution in [3.05, 3.63) is 71.6 Å². The molecule has 3 rings (SSSR count). The normalized spacial score (nSPS) is 14.3. The van der Waals surface area contributed by atoms with Crippen LogP contribution in [0.2, 0.25) is 0 Å². The highest BCUT2D eigenvalue weighted by Gasteiger charge is 2.18. The van der Waals surface area contributed by atoms with Crippen molar-refractivity contribution in [2.45, 2.75) is 6.92 Å². The summed E-state index contributed by atoms with van der Waals surface area (Å²) < 4.78 is 0. The minimum atomic E-state index is -0.651. The quantitative estimate of drug-likeness (QED) is 0.321. The fourth-order valence-electron chi connectivity index (χ4n) is 3.23. The van der Waals surface area contributed by atoms with E-state index in [1.807, 2.05) is 17.0 Å². The lowest BCUT2D eigenvalue weighted by atomic mass is 10.1. The second-order valence-corrected chi connectivity index (χ2v) is 7.03. The van der Waals surface area contributed by atoms with Gasteiger partial charge in [-0.25, -0.2) is 10.5 Å². The molecule has 2 aromatic rings. The third-order valence-electron chi connectivity index (χ3n) is 4.96. The molecular weight excluding hydrogens is 396 g/mol. The van der Waals surface area contributed by atoms with Crippen LogP contribution in [0, 0.1) is 0 Å². The van der Waals surface area contributed by atoms with E-state index in [4.69, 9.17) is 5.21 Å². The molecule has 8 nitrogen and oxygen atoms in total. The van der Waals surface area contributed by atoms with Gasteiger partial charge in [0.05, 0.1) is 11.4 Å². The molecule has 160 valence electrons. The average Bonchev–Trinajstić information content (AvgIpc) is 2.81. The number of piperazine rings is 1. The van der Waals surface area contributed by atoms with E-state index in [2.05, 4.69) is 9.88 Å². The number of amides is 2. The van der Waals surface area contributed by atoms with E-state index in [1.54, 1.807) is 43.3 Å². The van der Waals surface area contributed by atoms with Crippen molar-refractivity contribution >= 4 is 35.4 Å². The number of pyridine rings is 1. The third kappa shape index (κ3) is 6.10. The van der Waals surface area contributed by atoms with E-state index in [0.717, 1.165) is 24.9 Å². The van der Waals surface area contributed by atoms with Gasteiger partial charge < -0.3 is 9.80 Å². The molecule has 1 aromatic heterocycles. The maximum absolute atomic E-state index is 12.5. The predicted octanol–water partition coefficient (Wildman–Crippen LogP) is 2.16. The number of carbonyl (C=O) groups excluding carboxylic acids is 3. The van der Waals surface area contributed by atoms with Gasteiger partial charge in [-0.15, -0.1) is 0 Å². The zero-order valence-corrected chi connectivity index (χ0v) is 17.2. The van der Waals surface area contributed by atoms with Crippen molar-refractivity contribution < 1.29 is 19.6 Å². The van der Waals surface area contributed by atoms with Crippen molar-refractivity contribution in [3.63, 3.8) is 0 Å². The van der Waals surface area contributed by atoms with Crippen LogP contribution >= 0.6 is 0 Å². The van der Waals surface area contributed by atoms with Crippen LogP contribution in [0.15, 0.2) is 54.6 Å². The first-order chi connectivity index (χ1) is 15.0. The van der Waals surface area contributed by atoms with Gasteiger partial charge in [-0.05, 0) is 54.6 Å². The van der Waals surface area contributed by atoms with Crippen LogP contribution < -0.4 is 10.4 Å². The Hall–Kier alpha value is -3.78. The predicted molar refractivity (Wildman–Crippen MR) is 117 cm³/mol. The van der Waals surface area contributed by atoms with Gasteiger partial charge in [0.15, 0.2) is 5.78 Å². The number of aromatic nitrogens is 1. The summed E-state index contributed by atoms with van der Waals surface area (Å²) in [6.07, 6.45) is 5.68. The Balaban J connectivity index is 1.61. The summed E-state index contributed by atoms with van der Waals surface area (Å²) in [5.41, 5.74) is 4.19. The summed E-state index contributed by atoms with van der Waals surface area (Å²) in [6.45, 7) is 4.52. The van der Waals surface area contributed by atoms with Crippen LogP contribution in [0.4, 0.5) is 5.69 Å². The van der Waals surface area contributed by atoms with Crippen molar-refractivity contribution in [1.82, 2.24) is 15.4 Å². The van der Waals surface area contributed by atoms with Gasteiger partial charge in [-0.3, -0.25) is 19.6 Å².